The number of aryl methyl sites for hydroxylation is 1. The van der Waals surface area contributed by atoms with E-state index >= 15 is 0 Å². The molecule has 1 heterocycles. The summed E-state index contributed by atoms with van der Waals surface area (Å²) in [6.45, 7) is 3.38. The van der Waals surface area contributed by atoms with Crippen LogP contribution in [0.3, 0.4) is 0 Å². The van der Waals surface area contributed by atoms with Crippen LogP contribution < -0.4 is 4.74 Å². The predicted molar refractivity (Wildman–Crippen MR) is 66.9 cm³/mol. The number of ketones is 1. The molecule has 0 atom stereocenters. The third-order valence-corrected chi connectivity index (χ3v) is 3.01. The summed E-state index contributed by atoms with van der Waals surface area (Å²) < 4.78 is 10.8. The highest BCUT2D eigenvalue weighted by atomic mass is 35.5. The smallest absolute Gasteiger partial charge is 0.177 e. The van der Waals surface area contributed by atoms with E-state index in [0.29, 0.717) is 22.8 Å². The number of benzene rings is 1. The number of hydrogen-bond acceptors (Lipinski definition) is 3. The van der Waals surface area contributed by atoms with E-state index in [4.69, 9.17) is 20.8 Å². The number of halogens is 1. The van der Waals surface area contributed by atoms with Crippen LogP contribution in [0.4, 0.5) is 0 Å². The Kier molecular flexibility index (Phi) is 3.11. The van der Waals surface area contributed by atoms with Crippen molar-refractivity contribution >= 4 is 28.4 Å². The van der Waals surface area contributed by atoms with Gasteiger partial charge in [0, 0.05) is 11.8 Å². The van der Waals surface area contributed by atoms with Gasteiger partial charge in [-0.15, -0.1) is 0 Å². The molecule has 0 saturated heterocycles. The Morgan fingerprint density at radius 2 is 2.18 bits per heavy atom. The maximum absolute atomic E-state index is 11.2. The highest BCUT2D eigenvalue weighted by Gasteiger charge is 2.15. The van der Waals surface area contributed by atoms with Gasteiger partial charge < -0.3 is 9.15 Å². The van der Waals surface area contributed by atoms with Gasteiger partial charge in [0.05, 0.1) is 12.1 Å². The van der Waals surface area contributed by atoms with Crippen molar-refractivity contribution in [1.82, 2.24) is 0 Å². The molecule has 0 aliphatic carbocycles. The van der Waals surface area contributed by atoms with E-state index in [1.165, 1.54) is 6.92 Å². The average molecular weight is 253 g/mol. The zero-order valence-electron chi connectivity index (χ0n) is 9.96. The maximum Gasteiger partial charge on any atom is 0.177 e. The Hall–Kier alpha value is -1.48. The van der Waals surface area contributed by atoms with Gasteiger partial charge in [-0.2, -0.15) is 0 Å². The van der Waals surface area contributed by atoms with Crippen molar-refractivity contribution in [3.63, 3.8) is 0 Å². The Morgan fingerprint density at radius 3 is 2.76 bits per heavy atom. The molecule has 3 nitrogen and oxygen atoms in total. The van der Waals surface area contributed by atoms with Gasteiger partial charge in [0.1, 0.15) is 11.5 Å². The van der Waals surface area contributed by atoms with Crippen molar-refractivity contribution in [2.24, 2.45) is 0 Å². The van der Waals surface area contributed by atoms with E-state index in [1.807, 2.05) is 13.0 Å². The molecule has 0 bridgehead atoms. The lowest BCUT2D eigenvalue weighted by atomic mass is 10.1. The van der Waals surface area contributed by atoms with Crippen molar-refractivity contribution in [3.8, 4) is 5.75 Å². The molecular weight excluding hydrogens is 240 g/mol. The predicted octanol–water partition coefficient (Wildman–Crippen LogP) is 3.53. The molecule has 0 spiro atoms. The molecule has 0 aliphatic rings. The largest absolute Gasteiger partial charge is 0.493 e. The highest BCUT2D eigenvalue weighted by Crippen LogP contribution is 2.37. The first-order valence-electron chi connectivity index (χ1n) is 5.28. The summed E-state index contributed by atoms with van der Waals surface area (Å²) in [7, 11) is 1.57. The Balaban J connectivity index is 2.70. The molecule has 2 aromatic rings. The fraction of sp³-hybridized carbons (Fsp3) is 0.308. The zero-order chi connectivity index (χ0) is 12.6. The summed E-state index contributed by atoms with van der Waals surface area (Å²) in [5.41, 5.74) is 1.40. The monoisotopic (exact) mass is 252 g/mol. The van der Waals surface area contributed by atoms with Gasteiger partial charge in [-0.25, -0.2) is 0 Å². The summed E-state index contributed by atoms with van der Waals surface area (Å²) in [6, 6.07) is 3.61. The molecule has 0 unspecified atom stereocenters. The number of methoxy groups -OCH3 is 1. The molecule has 0 radical (unpaired) electrons. The topological polar surface area (TPSA) is 39.4 Å². The second-order valence-corrected chi connectivity index (χ2v) is 4.41. The Labute approximate surface area is 104 Å². The van der Waals surface area contributed by atoms with E-state index in [9.17, 15) is 4.79 Å². The van der Waals surface area contributed by atoms with Crippen LogP contribution in [0.5, 0.6) is 5.75 Å². The molecule has 0 N–H and O–H groups in total. The first-order valence-corrected chi connectivity index (χ1v) is 5.65. The highest BCUT2D eigenvalue weighted by molar-refractivity contribution is 6.36. The number of carbonyl (C=O) groups is 1. The van der Waals surface area contributed by atoms with E-state index in [2.05, 4.69) is 0 Å². The van der Waals surface area contributed by atoms with Crippen molar-refractivity contribution < 1.29 is 13.9 Å². The lowest BCUT2D eigenvalue weighted by Crippen LogP contribution is -1.98. The standard InChI is InChI=1S/C13H13ClO3/c1-7(15)4-9-6-11(16-3)13-10(12(9)14)5-8(2)17-13/h5-6H,4H2,1-3H3. The number of carbonyl (C=O) groups excluding carboxylic acids is 1. The van der Waals surface area contributed by atoms with E-state index in [-0.39, 0.29) is 5.78 Å². The fourth-order valence-electron chi connectivity index (χ4n) is 1.87. The summed E-state index contributed by atoms with van der Waals surface area (Å²) in [5.74, 6) is 1.43. The minimum absolute atomic E-state index is 0.0634. The molecular formula is C13H13ClO3. The van der Waals surface area contributed by atoms with Crippen LogP contribution in [-0.4, -0.2) is 12.9 Å². The van der Waals surface area contributed by atoms with Crippen molar-refractivity contribution in [2.75, 3.05) is 7.11 Å². The van der Waals surface area contributed by atoms with Gasteiger partial charge in [-0.3, -0.25) is 4.79 Å². The van der Waals surface area contributed by atoms with Gasteiger partial charge in [-0.1, -0.05) is 11.6 Å². The lowest BCUT2D eigenvalue weighted by molar-refractivity contribution is -0.116. The van der Waals surface area contributed by atoms with Gasteiger partial charge in [0.15, 0.2) is 11.3 Å². The van der Waals surface area contributed by atoms with Gasteiger partial charge in [-0.05, 0) is 31.5 Å². The van der Waals surface area contributed by atoms with E-state index in [1.54, 1.807) is 13.2 Å². The number of rotatable bonds is 3. The first-order chi connectivity index (χ1) is 8.02. The molecule has 0 saturated carbocycles. The first kappa shape index (κ1) is 12.0. The SMILES string of the molecule is COc1cc(CC(C)=O)c(Cl)c2cc(C)oc12. The molecule has 1 aromatic heterocycles. The van der Waals surface area contributed by atoms with Crippen LogP contribution in [0.25, 0.3) is 11.0 Å². The Bertz CT molecular complexity index is 584. The number of ether oxygens (including phenoxy) is 1. The number of fused-ring (bicyclic) bond motifs is 1. The van der Waals surface area contributed by atoms with Gasteiger partial charge >= 0.3 is 0 Å². The summed E-state index contributed by atoms with van der Waals surface area (Å²) in [6.07, 6.45) is 0.301. The molecule has 17 heavy (non-hydrogen) atoms. The van der Waals surface area contributed by atoms with Crippen LogP contribution in [-0.2, 0) is 11.2 Å². The molecule has 4 heteroatoms. The van der Waals surface area contributed by atoms with Crippen molar-refractivity contribution in [2.45, 2.75) is 20.3 Å². The molecule has 0 amide bonds. The summed E-state index contributed by atoms with van der Waals surface area (Å²) in [5, 5.41) is 1.35. The minimum Gasteiger partial charge on any atom is -0.493 e. The van der Waals surface area contributed by atoms with Gasteiger partial charge in [0.25, 0.3) is 0 Å². The Morgan fingerprint density at radius 1 is 1.47 bits per heavy atom. The maximum atomic E-state index is 11.2. The zero-order valence-corrected chi connectivity index (χ0v) is 10.7. The summed E-state index contributed by atoms with van der Waals surface area (Å²) in [4.78, 5) is 11.2. The van der Waals surface area contributed by atoms with E-state index in [0.717, 1.165) is 16.7 Å². The van der Waals surface area contributed by atoms with Crippen molar-refractivity contribution in [1.29, 1.82) is 0 Å². The molecule has 90 valence electrons. The normalized spacial score (nSPS) is 10.8. The second-order valence-electron chi connectivity index (χ2n) is 4.03. The molecule has 1 aromatic carbocycles. The van der Waals surface area contributed by atoms with Crippen LogP contribution >= 0.6 is 11.6 Å². The summed E-state index contributed by atoms with van der Waals surface area (Å²) >= 11 is 6.26. The fourth-order valence-corrected chi connectivity index (χ4v) is 2.13. The molecule has 0 aliphatic heterocycles. The number of hydrogen-bond donors (Lipinski definition) is 0. The lowest BCUT2D eigenvalue weighted by Gasteiger charge is -2.07. The average Bonchev–Trinajstić information content (AvgIpc) is 2.64. The van der Waals surface area contributed by atoms with Gasteiger partial charge in [0.2, 0.25) is 0 Å². The quantitative estimate of drug-likeness (QED) is 0.839. The number of Topliss-reactive ketones (excluding diaryl/α,β-unsaturated/α-hetero) is 1. The minimum atomic E-state index is 0.0634. The van der Waals surface area contributed by atoms with Crippen LogP contribution in [0, 0.1) is 6.92 Å². The van der Waals surface area contributed by atoms with E-state index < -0.39 is 0 Å². The third kappa shape index (κ3) is 2.15. The second kappa shape index (κ2) is 4.41. The van der Waals surface area contributed by atoms with Crippen molar-refractivity contribution in [3.05, 3.63) is 28.5 Å². The van der Waals surface area contributed by atoms with Crippen LogP contribution in [0.1, 0.15) is 18.2 Å². The molecule has 2 rings (SSSR count). The van der Waals surface area contributed by atoms with Crippen LogP contribution in [0.2, 0.25) is 5.02 Å². The van der Waals surface area contributed by atoms with Crippen LogP contribution in [0.15, 0.2) is 16.5 Å². The third-order valence-electron chi connectivity index (χ3n) is 2.56. The number of furan rings is 1. The molecule has 0 fully saturated rings.